The fourth-order valence-corrected chi connectivity index (χ4v) is 5.93. The maximum atomic E-state index is 13.1. The lowest BCUT2D eigenvalue weighted by molar-refractivity contribution is 0.0746. The van der Waals surface area contributed by atoms with E-state index in [2.05, 4.69) is 30.7 Å². The molecule has 0 atom stereocenters. The van der Waals surface area contributed by atoms with Crippen LogP contribution >= 0.6 is 0 Å². The first-order valence-electron chi connectivity index (χ1n) is 12.1. The molecule has 0 aliphatic carbocycles. The van der Waals surface area contributed by atoms with Crippen molar-refractivity contribution in [2.45, 2.75) is 51.3 Å². The number of sulfonamides is 1. The summed E-state index contributed by atoms with van der Waals surface area (Å²) in [5, 5.41) is 0. The van der Waals surface area contributed by atoms with Gasteiger partial charge in [0.25, 0.3) is 5.91 Å². The third kappa shape index (κ3) is 5.25. The van der Waals surface area contributed by atoms with Crippen LogP contribution in [-0.4, -0.2) is 72.8 Å². The number of carbonyl (C=O) groups is 1. The summed E-state index contributed by atoms with van der Waals surface area (Å²) in [4.78, 5) is 26.6. The van der Waals surface area contributed by atoms with E-state index in [1.807, 2.05) is 17.9 Å². The number of anilines is 1. The maximum Gasteiger partial charge on any atom is 0.253 e. The summed E-state index contributed by atoms with van der Waals surface area (Å²) in [6, 6.07) is 8.39. The van der Waals surface area contributed by atoms with Crippen LogP contribution in [0.25, 0.3) is 0 Å². The van der Waals surface area contributed by atoms with Crippen LogP contribution in [0.15, 0.2) is 35.2 Å². The number of amides is 1. The summed E-state index contributed by atoms with van der Waals surface area (Å²) in [7, 11) is -3.51. The molecule has 2 aliphatic rings. The lowest BCUT2D eigenvalue weighted by atomic mass is 10.0. The first-order chi connectivity index (χ1) is 16.1. The second-order valence-electron chi connectivity index (χ2n) is 9.77. The van der Waals surface area contributed by atoms with Crippen LogP contribution in [0, 0.1) is 12.8 Å². The Bertz CT molecular complexity index is 1120. The van der Waals surface area contributed by atoms with Gasteiger partial charge in [0, 0.05) is 62.5 Å². The minimum absolute atomic E-state index is 0.0721. The van der Waals surface area contributed by atoms with Gasteiger partial charge in [0.15, 0.2) is 0 Å². The molecule has 9 heteroatoms. The molecular weight excluding hydrogens is 450 g/mol. The smallest absolute Gasteiger partial charge is 0.253 e. The molecule has 3 heterocycles. The summed E-state index contributed by atoms with van der Waals surface area (Å²) in [6.45, 7) is 12.0. The van der Waals surface area contributed by atoms with Crippen molar-refractivity contribution in [2.24, 2.45) is 5.92 Å². The zero-order valence-electron chi connectivity index (χ0n) is 20.6. The Hall–Kier alpha value is -2.52. The van der Waals surface area contributed by atoms with E-state index in [1.54, 1.807) is 28.6 Å². The highest BCUT2D eigenvalue weighted by Crippen LogP contribution is 2.24. The fourth-order valence-electron chi connectivity index (χ4n) is 4.46. The highest BCUT2D eigenvalue weighted by Gasteiger charge is 2.29. The van der Waals surface area contributed by atoms with Gasteiger partial charge in [-0.15, -0.1) is 0 Å². The number of piperazine rings is 1. The van der Waals surface area contributed by atoms with E-state index in [1.165, 1.54) is 0 Å². The van der Waals surface area contributed by atoms with Crippen molar-refractivity contribution in [1.29, 1.82) is 0 Å². The lowest BCUT2D eigenvalue weighted by Gasteiger charge is -2.35. The number of piperidine rings is 1. The first-order valence-corrected chi connectivity index (χ1v) is 13.6. The van der Waals surface area contributed by atoms with Gasteiger partial charge in [-0.05, 0) is 49.9 Å². The van der Waals surface area contributed by atoms with E-state index in [0.717, 1.165) is 30.2 Å². The summed E-state index contributed by atoms with van der Waals surface area (Å²) < 4.78 is 27.5. The van der Waals surface area contributed by atoms with Crippen molar-refractivity contribution in [3.63, 3.8) is 0 Å². The Balaban J connectivity index is 1.39. The summed E-state index contributed by atoms with van der Waals surface area (Å²) >= 11 is 0. The minimum atomic E-state index is -3.51. The van der Waals surface area contributed by atoms with Crippen molar-refractivity contribution < 1.29 is 13.2 Å². The molecule has 0 unspecified atom stereocenters. The van der Waals surface area contributed by atoms with Gasteiger partial charge in [-0.3, -0.25) is 4.79 Å². The molecule has 1 amide bonds. The van der Waals surface area contributed by atoms with Crippen molar-refractivity contribution >= 4 is 21.7 Å². The highest BCUT2D eigenvalue weighted by molar-refractivity contribution is 7.89. The molecule has 0 bridgehead atoms. The molecule has 0 radical (unpaired) electrons. The molecule has 2 saturated heterocycles. The number of nitrogens with zero attached hydrogens (tertiary/aromatic N) is 5. The number of aromatic nitrogens is 2. The van der Waals surface area contributed by atoms with Crippen LogP contribution in [0.5, 0.6) is 0 Å². The van der Waals surface area contributed by atoms with E-state index in [4.69, 9.17) is 4.98 Å². The zero-order valence-corrected chi connectivity index (χ0v) is 21.4. The largest absolute Gasteiger partial charge is 0.353 e. The van der Waals surface area contributed by atoms with Gasteiger partial charge in [0.2, 0.25) is 10.0 Å². The van der Waals surface area contributed by atoms with Gasteiger partial charge in [0.1, 0.15) is 11.6 Å². The normalized spacial score (nSPS) is 18.5. The predicted molar refractivity (Wildman–Crippen MR) is 133 cm³/mol. The van der Waals surface area contributed by atoms with Crippen LogP contribution in [-0.2, 0) is 10.0 Å². The quantitative estimate of drug-likeness (QED) is 0.646. The Morgan fingerprint density at radius 3 is 2.18 bits per heavy atom. The highest BCUT2D eigenvalue weighted by atomic mass is 32.2. The number of benzene rings is 1. The standard InChI is InChI=1S/C25H35N5O3S/c1-18(2)24-26-20(4)17-23(27-24)28-13-15-29(16-14-28)25(31)21-5-7-22(8-6-21)34(32,33)30-11-9-19(3)10-12-30/h5-8,17-19H,9-16H2,1-4H3. The zero-order chi connectivity index (χ0) is 24.5. The van der Waals surface area contributed by atoms with Crippen LogP contribution in [0.1, 0.15) is 61.4 Å². The average molecular weight is 486 g/mol. The minimum Gasteiger partial charge on any atom is -0.353 e. The first kappa shape index (κ1) is 24.6. The molecule has 1 aromatic carbocycles. The van der Waals surface area contributed by atoms with Crippen LogP contribution in [0.3, 0.4) is 0 Å². The Labute approximate surface area is 203 Å². The molecule has 1 aromatic heterocycles. The molecule has 2 fully saturated rings. The number of hydrogen-bond donors (Lipinski definition) is 0. The second-order valence-corrected chi connectivity index (χ2v) is 11.7. The molecule has 4 rings (SSSR count). The Morgan fingerprint density at radius 2 is 1.59 bits per heavy atom. The van der Waals surface area contributed by atoms with Crippen molar-refractivity contribution in [3.8, 4) is 0 Å². The van der Waals surface area contributed by atoms with Gasteiger partial charge in [-0.2, -0.15) is 4.31 Å². The summed E-state index contributed by atoms with van der Waals surface area (Å²) in [5.74, 6) is 2.49. The van der Waals surface area contributed by atoms with Gasteiger partial charge >= 0.3 is 0 Å². The van der Waals surface area contributed by atoms with E-state index in [0.29, 0.717) is 50.7 Å². The molecule has 2 aromatic rings. The van der Waals surface area contributed by atoms with E-state index in [-0.39, 0.29) is 16.7 Å². The van der Waals surface area contributed by atoms with E-state index >= 15 is 0 Å². The molecule has 0 spiro atoms. The van der Waals surface area contributed by atoms with Crippen LogP contribution in [0.2, 0.25) is 0 Å². The SMILES string of the molecule is Cc1cc(N2CCN(C(=O)c3ccc(S(=O)(=O)N4CCC(C)CC4)cc3)CC2)nc(C(C)C)n1. The molecule has 8 nitrogen and oxygen atoms in total. The molecule has 0 N–H and O–H groups in total. The topological polar surface area (TPSA) is 86.7 Å². The molecule has 2 aliphatic heterocycles. The van der Waals surface area contributed by atoms with Gasteiger partial charge < -0.3 is 9.80 Å². The number of carbonyl (C=O) groups excluding carboxylic acids is 1. The van der Waals surface area contributed by atoms with Crippen molar-refractivity contribution in [3.05, 3.63) is 47.4 Å². The predicted octanol–water partition coefficient (Wildman–Crippen LogP) is 3.29. The third-order valence-electron chi connectivity index (χ3n) is 6.75. The van der Waals surface area contributed by atoms with Crippen molar-refractivity contribution in [2.75, 3.05) is 44.2 Å². The number of aryl methyl sites for hydroxylation is 1. The second kappa shape index (κ2) is 10.00. The fraction of sp³-hybridized carbons (Fsp3) is 0.560. The summed E-state index contributed by atoms with van der Waals surface area (Å²) in [5.41, 5.74) is 1.46. The number of rotatable bonds is 5. The Morgan fingerprint density at radius 1 is 0.971 bits per heavy atom. The lowest BCUT2D eigenvalue weighted by Crippen LogP contribution is -2.49. The van der Waals surface area contributed by atoms with E-state index in [9.17, 15) is 13.2 Å². The van der Waals surface area contributed by atoms with Crippen molar-refractivity contribution in [1.82, 2.24) is 19.2 Å². The maximum absolute atomic E-state index is 13.1. The van der Waals surface area contributed by atoms with Crippen LogP contribution in [0.4, 0.5) is 5.82 Å². The van der Waals surface area contributed by atoms with Gasteiger partial charge in [-0.25, -0.2) is 18.4 Å². The molecule has 34 heavy (non-hydrogen) atoms. The molecule has 0 saturated carbocycles. The number of hydrogen-bond acceptors (Lipinski definition) is 6. The van der Waals surface area contributed by atoms with Crippen LogP contribution < -0.4 is 4.90 Å². The monoisotopic (exact) mass is 485 g/mol. The van der Waals surface area contributed by atoms with Gasteiger partial charge in [0.05, 0.1) is 4.90 Å². The molecular formula is C25H35N5O3S. The summed E-state index contributed by atoms with van der Waals surface area (Å²) in [6.07, 6.45) is 1.77. The molecule has 184 valence electrons. The van der Waals surface area contributed by atoms with Gasteiger partial charge in [-0.1, -0.05) is 20.8 Å². The van der Waals surface area contributed by atoms with E-state index < -0.39 is 10.0 Å². The third-order valence-corrected chi connectivity index (χ3v) is 8.66. The Kier molecular flexibility index (Phi) is 7.23. The average Bonchev–Trinajstić information content (AvgIpc) is 2.83.